The normalized spacial score (nSPS) is 20.9. The molecule has 13 heteroatoms. The van der Waals surface area contributed by atoms with Crippen LogP contribution in [0.3, 0.4) is 0 Å². The first-order valence-corrected chi connectivity index (χ1v) is 9.88. The van der Waals surface area contributed by atoms with Gasteiger partial charge in [0.25, 0.3) is 11.8 Å². The molecule has 0 spiro atoms. The number of thiophene rings is 1. The third kappa shape index (κ3) is 4.67. The van der Waals surface area contributed by atoms with Crippen LogP contribution in [0.4, 0.5) is 0 Å². The zero-order chi connectivity index (χ0) is 20.4. The Morgan fingerprint density at radius 2 is 2.14 bits per heavy atom. The summed E-state index contributed by atoms with van der Waals surface area (Å²) in [7, 11) is 0. The Morgan fingerprint density at radius 1 is 1.41 bits per heavy atom. The summed E-state index contributed by atoms with van der Waals surface area (Å²) in [5.74, 6) is -3.00. The van der Waals surface area contributed by atoms with Crippen LogP contribution in [0.5, 0.6) is 0 Å². The number of hydrogen-bond donors (Lipinski definition) is 3. The minimum absolute atomic E-state index is 0. The molecule has 1 aromatic heterocycles. The van der Waals surface area contributed by atoms with Gasteiger partial charge in [-0.2, -0.15) is 0 Å². The zero-order valence-corrected chi connectivity index (χ0v) is 16.1. The number of fused-ring (bicyclic) bond motifs is 1. The van der Waals surface area contributed by atoms with E-state index in [-0.39, 0.29) is 53.3 Å². The third-order valence-corrected chi connectivity index (χ3v) is 6.27. The number of carbonyl (C=O) groups excluding carboxylic acids is 3. The molecular formula is C16H16N3NaO7S2. The van der Waals surface area contributed by atoms with Crippen molar-refractivity contribution in [3.8, 4) is 0 Å². The van der Waals surface area contributed by atoms with E-state index in [4.69, 9.17) is 9.94 Å². The van der Waals surface area contributed by atoms with Gasteiger partial charge < -0.3 is 20.4 Å². The molecular weight excluding hydrogens is 433 g/mol. The van der Waals surface area contributed by atoms with Crippen molar-refractivity contribution in [3.63, 3.8) is 0 Å². The number of nitrogens with zero attached hydrogens (tertiary/aromatic N) is 2. The maximum atomic E-state index is 12.5. The molecule has 3 rings (SSSR count). The molecule has 3 heterocycles. The van der Waals surface area contributed by atoms with E-state index in [1.807, 2.05) is 0 Å². The molecule has 2 aliphatic rings. The number of nitrogens with one attached hydrogen (secondary N) is 1. The van der Waals surface area contributed by atoms with E-state index in [9.17, 15) is 24.3 Å². The van der Waals surface area contributed by atoms with Gasteiger partial charge in [0.05, 0.1) is 4.88 Å². The van der Waals surface area contributed by atoms with Gasteiger partial charge in [-0.05, 0) is 11.4 Å². The van der Waals surface area contributed by atoms with Gasteiger partial charge in [-0.3, -0.25) is 19.3 Å². The Bertz CT molecular complexity index is 900. The molecule has 150 valence electrons. The first-order valence-electron chi connectivity index (χ1n) is 7.95. The Kier molecular flexibility index (Phi) is 7.88. The van der Waals surface area contributed by atoms with Crippen molar-refractivity contribution >= 4 is 82.1 Å². The summed E-state index contributed by atoms with van der Waals surface area (Å²) >= 11 is 2.44. The number of carboxylic acids is 1. The van der Waals surface area contributed by atoms with Crippen molar-refractivity contribution in [1.29, 1.82) is 0 Å². The van der Waals surface area contributed by atoms with Crippen LogP contribution in [0.15, 0.2) is 33.9 Å². The van der Waals surface area contributed by atoms with Crippen molar-refractivity contribution in [2.45, 2.75) is 18.3 Å². The molecule has 0 saturated carbocycles. The third-order valence-electron chi connectivity index (χ3n) is 4.06. The topological polar surface area (TPSA) is 146 Å². The summed E-state index contributed by atoms with van der Waals surface area (Å²) < 4.78 is 4.86. The predicted molar refractivity (Wildman–Crippen MR) is 106 cm³/mol. The van der Waals surface area contributed by atoms with Crippen LogP contribution in [0.1, 0.15) is 11.8 Å². The van der Waals surface area contributed by atoms with Crippen LogP contribution < -0.4 is 5.32 Å². The SMILES string of the molecule is CC(=O)OCC1=C(C(=O)O)N2C(=O)[C@@H](NC(=O)/C(=N\O)c3cccs3)[C@H]2SC1.[NaH]. The van der Waals surface area contributed by atoms with Gasteiger partial charge in [-0.25, -0.2) is 4.79 Å². The number of rotatable bonds is 6. The van der Waals surface area contributed by atoms with Crippen molar-refractivity contribution in [1.82, 2.24) is 10.2 Å². The molecule has 0 radical (unpaired) electrons. The van der Waals surface area contributed by atoms with Gasteiger partial charge in [-0.1, -0.05) is 11.2 Å². The number of ether oxygens (including phenoxy) is 1. The van der Waals surface area contributed by atoms with Crippen molar-refractivity contribution in [2.75, 3.05) is 12.4 Å². The van der Waals surface area contributed by atoms with E-state index < -0.39 is 35.2 Å². The van der Waals surface area contributed by atoms with Crippen LogP contribution in [-0.4, -0.2) is 98.0 Å². The van der Waals surface area contributed by atoms with Crippen LogP contribution >= 0.6 is 23.1 Å². The number of carbonyl (C=O) groups is 4. The first-order chi connectivity index (χ1) is 13.3. The Labute approximate surface area is 195 Å². The van der Waals surface area contributed by atoms with Crippen LogP contribution in [0, 0.1) is 0 Å². The second-order valence-electron chi connectivity index (χ2n) is 5.82. The molecule has 1 saturated heterocycles. The van der Waals surface area contributed by atoms with Crippen LogP contribution in [0.2, 0.25) is 0 Å². The summed E-state index contributed by atoms with van der Waals surface area (Å²) in [6, 6.07) is 2.31. The fourth-order valence-corrected chi connectivity index (χ4v) is 4.85. The standard InChI is InChI=1S/C16H15N3O7S2.Na.H/c1-7(20)26-5-8-6-28-15-11(14(22)19(15)12(8)16(23)24)17-13(21)10(18-25)9-3-2-4-27-9;;/h2-4,11,15,25H,5-6H2,1H3,(H,17,21)(H,23,24);;/b18-10-;;/t11-,15-;;/m1../s1. The van der Waals surface area contributed by atoms with E-state index in [0.29, 0.717) is 10.5 Å². The summed E-state index contributed by atoms with van der Waals surface area (Å²) in [4.78, 5) is 49.0. The summed E-state index contributed by atoms with van der Waals surface area (Å²) in [5, 5.41) is 25.2. The minimum atomic E-state index is -1.32. The van der Waals surface area contributed by atoms with Gasteiger partial charge in [0.2, 0.25) is 0 Å². The first kappa shape index (κ1) is 23.4. The summed E-state index contributed by atoms with van der Waals surface area (Å²) in [6.07, 6.45) is 0. The van der Waals surface area contributed by atoms with Gasteiger partial charge in [0.1, 0.15) is 23.7 Å². The number of carboxylic acid groups (broad SMARTS) is 1. The average Bonchev–Trinajstić information content (AvgIpc) is 3.18. The van der Waals surface area contributed by atoms with Gasteiger partial charge in [0.15, 0.2) is 5.71 Å². The fourth-order valence-electron chi connectivity index (χ4n) is 2.81. The molecule has 29 heavy (non-hydrogen) atoms. The molecule has 1 aromatic rings. The second kappa shape index (κ2) is 9.76. The molecule has 2 amide bonds. The number of β-lactam (4-membered cyclic amide) rings is 1. The molecule has 3 N–H and O–H groups in total. The van der Waals surface area contributed by atoms with E-state index in [2.05, 4.69) is 10.5 Å². The molecule has 2 atom stereocenters. The quantitative estimate of drug-likeness (QED) is 0.133. The van der Waals surface area contributed by atoms with Crippen molar-refractivity contribution in [2.24, 2.45) is 5.16 Å². The number of hydrogen-bond acceptors (Lipinski definition) is 9. The monoisotopic (exact) mass is 449 g/mol. The molecule has 10 nitrogen and oxygen atoms in total. The van der Waals surface area contributed by atoms with E-state index in [1.165, 1.54) is 30.0 Å². The van der Waals surface area contributed by atoms with Crippen molar-refractivity contribution < 1.29 is 34.2 Å². The van der Waals surface area contributed by atoms with Crippen LogP contribution in [0.25, 0.3) is 0 Å². The van der Waals surface area contributed by atoms with Gasteiger partial charge >= 0.3 is 41.5 Å². The molecule has 1 fully saturated rings. The maximum absolute atomic E-state index is 12.5. The number of thioether (sulfide) groups is 1. The molecule has 0 bridgehead atoms. The molecule has 2 aliphatic heterocycles. The summed E-state index contributed by atoms with van der Waals surface area (Å²) in [6.45, 7) is 0.977. The Balaban J connectivity index is 0.00000300. The van der Waals surface area contributed by atoms with Crippen molar-refractivity contribution in [3.05, 3.63) is 33.7 Å². The van der Waals surface area contributed by atoms with Crippen LogP contribution in [-0.2, 0) is 23.9 Å². The number of oxime groups is 1. The number of amides is 2. The predicted octanol–water partition coefficient (Wildman–Crippen LogP) is -0.420. The number of aliphatic carboxylic acids is 1. The van der Waals surface area contributed by atoms with E-state index in [0.717, 1.165) is 4.90 Å². The van der Waals surface area contributed by atoms with E-state index in [1.54, 1.807) is 17.5 Å². The second-order valence-corrected chi connectivity index (χ2v) is 7.88. The summed E-state index contributed by atoms with van der Waals surface area (Å²) in [5.41, 5.74) is -0.167. The molecule has 0 aliphatic carbocycles. The number of esters is 1. The van der Waals surface area contributed by atoms with Gasteiger partial charge in [0, 0.05) is 18.2 Å². The fraction of sp³-hybridized carbons (Fsp3) is 0.312. The Hall–Kier alpha value is -1.86. The zero-order valence-electron chi connectivity index (χ0n) is 14.4. The molecule has 0 aromatic carbocycles. The molecule has 0 unspecified atom stereocenters. The Morgan fingerprint density at radius 3 is 2.69 bits per heavy atom. The van der Waals surface area contributed by atoms with Gasteiger partial charge in [-0.15, -0.1) is 23.1 Å². The van der Waals surface area contributed by atoms with E-state index >= 15 is 0 Å². The average molecular weight is 449 g/mol.